The van der Waals surface area contributed by atoms with Crippen molar-refractivity contribution >= 4 is 13.6 Å². The van der Waals surface area contributed by atoms with Gasteiger partial charge in [0.05, 0.1) is 13.2 Å². The molecule has 16 heavy (non-hydrogen) atoms. The fraction of sp³-hybridized carbons (Fsp3) is 0.583. The summed E-state index contributed by atoms with van der Waals surface area (Å²) in [7, 11) is 1.03. The third-order valence-corrected chi connectivity index (χ3v) is 3.88. The Morgan fingerprint density at radius 2 is 2.44 bits per heavy atom. The van der Waals surface area contributed by atoms with E-state index >= 15 is 0 Å². The van der Waals surface area contributed by atoms with Crippen LogP contribution in [-0.2, 0) is 14.6 Å². The molecule has 1 aliphatic heterocycles. The van der Waals surface area contributed by atoms with Crippen LogP contribution in [0.1, 0.15) is 13.3 Å². The molecule has 3 atom stereocenters. The first-order valence-corrected chi connectivity index (χ1v) is 5.96. The number of carbonyl (C=O) groups excluding carboxylic acids is 1. The van der Waals surface area contributed by atoms with Gasteiger partial charge in [-0.15, -0.1) is 0 Å². The molecule has 4 heteroatoms. The van der Waals surface area contributed by atoms with Gasteiger partial charge in [0.2, 0.25) is 0 Å². The highest BCUT2D eigenvalue weighted by molar-refractivity contribution is 6.56. The summed E-state index contributed by atoms with van der Waals surface area (Å²) in [4.78, 5) is 20.7. The third-order valence-electron chi connectivity index (χ3n) is 3.88. The van der Waals surface area contributed by atoms with Crippen molar-refractivity contribution in [2.75, 3.05) is 13.2 Å². The molecule has 0 N–H and O–H groups in total. The van der Waals surface area contributed by atoms with Crippen LogP contribution in [-0.4, -0.2) is 26.8 Å². The van der Waals surface area contributed by atoms with E-state index in [9.17, 15) is 4.79 Å². The second kappa shape index (κ2) is 3.86. The normalized spacial score (nSPS) is 34.3. The molecule has 0 radical (unpaired) electrons. The minimum atomic E-state index is 0.308. The molecule has 3 aliphatic rings. The zero-order valence-corrected chi connectivity index (χ0v) is 9.44. The molecule has 84 valence electrons. The van der Waals surface area contributed by atoms with Crippen molar-refractivity contribution in [3.8, 4) is 0 Å². The Morgan fingerprint density at radius 3 is 3.19 bits per heavy atom. The Labute approximate surface area is 95.7 Å². The van der Waals surface area contributed by atoms with E-state index in [1.54, 1.807) is 0 Å². The maximum Gasteiger partial charge on any atom is 0.185 e. The van der Waals surface area contributed by atoms with Crippen LogP contribution in [0, 0.1) is 17.8 Å². The molecule has 1 saturated carbocycles. The second-order valence-corrected chi connectivity index (χ2v) is 4.81. The number of carbonyl (C=O) groups is 1. The van der Waals surface area contributed by atoms with Crippen molar-refractivity contribution in [3.63, 3.8) is 0 Å². The Kier molecular flexibility index (Phi) is 2.48. The van der Waals surface area contributed by atoms with Crippen molar-refractivity contribution in [1.82, 2.24) is 0 Å². The summed E-state index contributed by atoms with van der Waals surface area (Å²) in [5.74, 6) is 1.48. The number of hydrogen-bond acceptors (Lipinski definition) is 3. The van der Waals surface area contributed by atoms with Crippen LogP contribution in [0.5, 0.6) is 0 Å². The van der Waals surface area contributed by atoms with Crippen LogP contribution < -0.4 is 0 Å². The number of fused-ring (bicyclic) bond motifs is 2. The van der Waals surface area contributed by atoms with Crippen LogP contribution in [0.15, 0.2) is 22.6 Å². The fourth-order valence-corrected chi connectivity index (χ4v) is 3.14. The summed E-state index contributed by atoms with van der Waals surface area (Å²) < 4.78 is 0. The average Bonchev–Trinajstić information content (AvgIpc) is 2.63. The van der Waals surface area contributed by atoms with Crippen molar-refractivity contribution in [2.24, 2.45) is 17.8 Å². The lowest BCUT2D eigenvalue weighted by Gasteiger charge is -2.03. The quantitative estimate of drug-likeness (QED) is 0.227. The van der Waals surface area contributed by atoms with Crippen LogP contribution in [0.3, 0.4) is 0 Å². The van der Waals surface area contributed by atoms with Gasteiger partial charge in [0, 0.05) is 5.92 Å². The lowest BCUT2D eigenvalue weighted by Crippen LogP contribution is -2.05. The van der Waals surface area contributed by atoms with Crippen LogP contribution in [0.4, 0.5) is 0 Å². The Bertz CT molecular complexity index is 386. The summed E-state index contributed by atoms with van der Waals surface area (Å²) >= 11 is 0. The number of rotatable bonds is 5. The second-order valence-electron chi connectivity index (χ2n) is 4.81. The number of aldehydes is 1. The number of hydrogen-bond donors (Lipinski definition) is 0. The van der Waals surface area contributed by atoms with Crippen LogP contribution in [0.2, 0.25) is 0 Å². The van der Waals surface area contributed by atoms with E-state index < -0.39 is 0 Å². The van der Waals surface area contributed by atoms with E-state index in [2.05, 4.69) is 6.08 Å². The lowest BCUT2D eigenvalue weighted by molar-refractivity contribution is -0.283. The van der Waals surface area contributed by atoms with E-state index in [1.165, 1.54) is 16.5 Å². The van der Waals surface area contributed by atoms with E-state index in [0.29, 0.717) is 31.0 Å². The predicted molar refractivity (Wildman–Crippen MR) is 61.0 cm³/mol. The summed E-state index contributed by atoms with van der Waals surface area (Å²) in [6, 6.07) is 0. The molecule has 0 aromatic rings. The molecule has 2 aliphatic carbocycles. The highest BCUT2D eigenvalue weighted by Crippen LogP contribution is 2.60. The molecule has 3 unspecified atom stereocenters. The van der Waals surface area contributed by atoms with E-state index in [1.807, 2.05) is 6.92 Å². The topological polar surface area (TPSA) is 35.5 Å². The SMILES string of the molecule is CCOOCC1=CC2=C(B1)CC1C(C=O)C21. The van der Waals surface area contributed by atoms with E-state index in [-0.39, 0.29) is 0 Å². The summed E-state index contributed by atoms with van der Waals surface area (Å²) in [5, 5.41) is 0. The molecule has 0 saturated heterocycles. The van der Waals surface area contributed by atoms with Gasteiger partial charge >= 0.3 is 0 Å². The molecule has 3 nitrogen and oxygen atoms in total. The maximum absolute atomic E-state index is 10.8. The van der Waals surface area contributed by atoms with Crippen molar-refractivity contribution < 1.29 is 14.6 Å². The summed E-state index contributed by atoms with van der Waals surface area (Å²) in [5.41, 5.74) is 4.24. The maximum atomic E-state index is 10.8. The monoisotopic (exact) mass is 218 g/mol. The third kappa shape index (κ3) is 1.48. The zero-order chi connectivity index (χ0) is 11.1. The van der Waals surface area contributed by atoms with Crippen molar-refractivity contribution in [3.05, 3.63) is 22.6 Å². The van der Waals surface area contributed by atoms with Gasteiger partial charge in [-0.2, -0.15) is 0 Å². The van der Waals surface area contributed by atoms with Gasteiger partial charge in [-0.3, -0.25) is 0 Å². The highest BCUT2D eigenvalue weighted by atomic mass is 17.2. The van der Waals surface area contributed by atoms with Crippen LogP contribution >= 0.6 is 0 Å². The molecule has 0 bridgehead atoms. The molecular formula is C12H15BO3. The smallest absolute Gasteiger partial charge is 0.185 e. The van der Waals surface area contributed by atoms with Gasteiger partial charge in [0.1, 0.15) is 6.29 Å². The predicted octanol–water partition coefficient (Wildman–Crippen LogP) is 1.01. The fourth-order valence-electron chi connectivity index (χ4n) is 3.14. The Balaban J connectivity index is 1.60. The number of allylic oxidation sites excluding steroid dienone is 3. The van der Waals surface area contributed by atoms with Gasteiger partial charge in [0.25, 0.3) is 0 Å². The van der Waals surface area contributed by atoms with Gasteiger partial charge < -0.3 is 4.79 Å². The standard InChI is InChI=1S/C12H15BO3/c1-2-15-16-6-7-3-9-11(13-7)4-8-10(5-14)12(8)9/h3,5,8,10,12-13H,2,4,6H2,1H3. The Hall–Kier alpha value is -0.865. The van der Waals surface area contributed by atoms with E-state index in [4.69, 9.17) is 9.78 Å². The average molecular weight is 218 g/mol. The molecule has 0 aromatic carbocycles. The zero-order valence-electron chi connectivity index (χ0n) is 9.44. The largest absolute Gasteiger partial charge is 0.303 e. The summed E-state index contributed by atoms with van der Waals surface area (Å²) in [6.07, 6.45) is 4.47. The van der Waals surface area contributed by atoms with Gasteiger partial charge in [-0.25, -0.2) is 9.78 Å². The van der Waals surface area contributed by atoms with Crippen molar-refractivity contribution in [1.29, 1.82) is 0 Å². The minimum absolute atomic E-state index is 0.308. The molecule has 0 aromatic heterocycles. The van der Waals surface area contributed by atoms with Gasteiger partial charge in [0.15, 0.2) is 7.28 Å². The molecule has 1 heterocycles. The first kappa shape index (κ1) is 10.3. The first-order valence-electron chi connectivity index (χ1n) is 5.96. The highest BCUT2D eigenvalue weighted by Gasteiger charge is 2.56. The molecule has 0 spiro atoms. The van der Waals surface area contributed by atoms with Gasteiger partial charge in [-0.1, -0.05) is 22.6 Å². The molecule has 0 amide bonds. The van der Waals surface area contributed by atoms with E-state index in [0.717, 1.165) is 20.0 Å². The first-order chi connectivity index (χ1) is 7.85. The lowest BCUT2D eigenvalue weighted by atomic mass is 9.65. The minimum Gasteiger partial charge on any atom is -0.303 e. The van der Waals surface area contributed by atoms with Crippen LogP contribution in [0.25, 0.3) is 0 Å². The van der Waals surface area contributed by atoms with Crippen molar-refractivity contribution in [2.45, 2.75) is 13.3 Å². The molecular weight excluding hydrogens is 203 g/mol. The molecule has 1 fully saturated rings. The van der Waals surface area contributed by atoms with Gasteiger partial charge in [-0.05, 0) is 25.2 Å². The Morgan fingerprint density at radius 1 is 1.56 bits per heavy atom. The molecule has 3 rings (SSSR count). The summed E-state index contributed by atoms with van der Waals surface area (Å²) in [6.45, 7) is 3.05.